The van der Waals surface area contributed by atoms with Gasteiger partial charge in [-0.15, -0.1) is 0 Å². The van der Waals surface area contributed by atoms with Gasteiger partial charge in [0, 0.05) is 31.2 Å². The maximum atomic E-state index is 12.5. The molecule has 6 nitrogen and oxygen atoms in total. The van der Waals surface area contributed by atoms with Crippen LogP contribution >= 0.6 is 11.6 Å². The molecule has 1 N–H and O–H groups in total. The first-order valence-corrected chi connectivity index (χ1v) is 9.02. The van der Waals surface area contributed by atoms with Crippen LogP contribution in [0, 0.1) is 0 Å². The molecule has 0 aliphatic heterocycles. The van der Waals surface area contributed by atoms with Crippen molar-refractivity contribution in [2.24, 2.45) is 7.05 Å². The topological polar surface area (TPSA) is 69.3 Å². The maximum Gasteiger partial charge on any atom is 0.263 e. The summed E-state index contributed by atoms with van der Waals surface area (Å²) in [7, 11) is 1.92. The molecule has 7 heteroatoms. The van der Waals surface area contributed by atoms with Crippen molar-refractivity contribution in [3.63, 3.8) is 0 Å². The number of benzene rings is 1. The highest BCUT2D eigenvalue weighted by Crippen LogP contribution is 2.21. The van der Waals surface area contributed by atoms with Gasteiger partial charge in [0.2, 0.25) is 0 Å². The number of hydrogen-bond acceptors (Lipinski definition) is 4. The Balaban J connectivity index is 1.55. The number of halogens is 1. The lowest BCUT2D eigenvalue weighted by Gasteiger charge is -2.25. The number of furan rings is 1. The molecule has 0 aliphatic rings. The van der Waals surface area contributed by atoms with Crippen molar-refractivity contribution >= 4 is 17.5 Å². The van der Waals surface area contributed by atoms with Gasteiger partial charge >= 0.3 is 0 Å². The summed E-state index contributed by atoms with van der Waals surface area (Å²) < 4.78 is 13.1. The average Bonchev–Trinajstić information content (AvgIpc) is 3.27. The van der Waals surface area contributed by atoms with Crippen molar-refractivity contribution in [1.82, 2.24) is 14.9 Å². The Hall–Kier alpha value is -2.73. The van der Waals surface area contributed by atoms with Gasteiger partial charge in [-0.1, -0.05) is 11.6 Å². The van der Waals surface area contributed by atoms with Crippen molar-refractivity contribution in [3.8, 4) is 17.2 Å². The van der Waals surface area contributed by atoms with Crippen LogP contribution in [-0.2, 0) is 18.3 Å². The maximum absolute atomic E-state index is 12.5. The van der Waals surface area contributed by atoms with E-state index in [4.69, 9.17) is 20.8 Å². The third-order valence-corrected chi connectivity index (χ3v) is 4.37. The molecule has 2 aromatic heterocycles. The number of ether oxygens (including phenoxy) is 1. The Morgan fingerprint density at radius 2 is 2.04 bits per heavy atom. The predicted octanol–water partition coefficient (Wildman–Crippen LogP) is 3.85. The van der Waals surface area contributed by atoms with Crippen molar-refractivity contribution < 1.29 is 13.9 Å². The minimum absolute atomic E-state index is 0.196. The van der Waals surface area contributed by atoms with Crippen molar-refractivity contribution in [3.05, 3.63) is 59.7 Å². The van der Waals surface area contributed by atoms with E-state index in [2.05, 4.69) is 10.3 Å². The Morgan fingerprint density at radius 3 is 2.70 bits per heavy atom. The van der Waals surface area contributed by atoms with E-state index < -0.39 is 5.60 Å². The van der Waals surface area contributed by atoms with Gasteiger partial charge in [0.05, 0.1) is 6.26 Å². The van der Waals surface area contributed by atoms with E-state index in [1.807, 2.05) is 29.9 Å². The first kappa shape index (κ1) is 19.0. The molecule has 0 saturated heterocycles. The summed E-state index contributed by atoms with van der Waals surface area (Å²) in [4.78, 5) is 17.1. The molecule has 3 rings (SSSR count). The van der Waals surface area contributed by atoms with E-state index in [0.29, 0.717) is 23.7 Å². The number of carbonyl (C=O) groups is 1. The molecule has 0 radical (unpaired) electrons. The zero-order chi connectivity index (χ0) is 19.4. The number of carbonyl (C=O) groups excluding carboxylic acids is 1. The molecule has 0 unspecified atom stereocenters. The summed E-state index contributed by atoms with van der Waals surface area (Å²) in [6.45, 7) is 3.91. The van der Waals surface area contributed by atoms with Crippen LogP contribution in [0.3, 0.4) is 0 Å². The molecule has 1 aromatic carbocycles. The number of amides is 1. The van der Waals surface area contributed by atoms with E-state index in [0.717, 1.165) is 17.3 Å². The highest BCUT2D eigenvalue weighted by atomic mass is 35.5. The lowest BCUT2D eigenvalue weighted by Crippen LogP contribution is -2.47. The van der Waals surface area contributed by atoms with Crippen LogP contribution in [0.15, 0.2) is 53.3 Å². The highest BCUT2D eigenvalue weighted by molar-refractivity contribution is 6.30. The molecule has 3 aromatic rings. The summed E-state index contributed by atoms with van der Waals surface area (Å²) in [5.41, 5.74) is -0.232. The molecular weight excluding hydrogens is 366 g/mol. The van der Waals surface area contributed by atoms with E-state index in [1.165, 1.54) is 0 Å². The van der Waals surface area contributed by atoms with Gasteiger partial charge in [-0.2, -0.15) is 0 Å². The number of imidazole rings is 1. The second-order valence-corrected chi connectivity index (χ2v) is 7.14. The Labute approximate surface area is 163 Å². The molecule has 0 spiro atoms. The molecular formula is C20H22ClN3O3. The van der Waals surface area contributed by atoms with E-state index in [9.17, 15) is 4.79 Å². The Morgan fingerprint density at radius 1 is 1.30 bits per heavy atom. The van der Waals surface area contributed by atoms with Crippen LogP contribution in [0.4, 0.5) is 0 Å². The zero-order valence-electron chi connectivity index (χ0n) is 15.5. The first-order chi connectivity index (χ1) is 12.8. The fourth-order valence-corrected chi connectivity index (χ4v) is 2.75. The van der Waals surface area contributed by atoms with Crippen molar-refractivity contribution in [2.75, 3.05) is 6.54 Å². The van der Waals surface area contributed by atoms with Crippen LogP contribution in [0.25, 0.3) is 11.5 Å². The molecule has 0 aliphatic carbocycles. The quantitative estimate of drug-likeness (QED) is 0.668. The second kappa shape index (κ2) is 7.88. The summed E-state index contributed by atoms with van der Waals surface area (Å²) in [6.07, 6.45) is 4.12. The van der Waals surface area contributed by atoms with Crippen LogP contribution in [-0.4, -0.2) is 27.6 Å². The summed E-state index contributed by atoms with van der Waals surface area (Å²) in [5.74, 6) is 1.97. The fourth-order valence-electron chi connectivity index (χ4n) is 2.62. The minimum Gasteiger partial charge on any atom is -0.478 e. The van der Waals surface area contributed by atoms with Crippen LogP contribution in [0.5, 0.6) is 5.75 Å². The van der Waals surface area contributed by atoms with Gasteiger partial charge in [-0.25, -0.2) is 4.98 Å². The molecule has 0 atom stereocenters. The van der Waals surface area contributed by atoms with Crippen molar-refractivity contribution in [1.29, 1.82) is 0 Å². The number of nitrogens with one attached hydrogen (secondary N) is 1. The highest BCUT2D eigenvalue weighted by Gasteiger charge is 2.29. The molecule has 0 fully saturated rings. The van der Waals surface area contributed by atoms with Gasteiger partial charge in [0.1, 0.15) is 17.3 Å². The van der Waals surface area contributed by atoms with E-state index in [1.54, 1.807) is 44.4 Å². The standard InChI is InChI=1S/C20H22ClN3O3/c1-20(2,27-15-8-6-14(21)7-9-15)19(25)22-11-10-18-23-16(13-24(18)3)17-5-4-12-26-17/h4-9,12-13H,10-11H2,1-3H3,(H,22,25). The lowest BCUT2D eigenvalue weighted by molar-refractivity contribution is -0.134. The molecule has 0 saturated carbocycles. The Kier molecular flexibility index (Phi) is 5.56. The zero-order valence-corrected chi connectivity index (χ0v) is 16.3. The second-order valence-electron chi connectivity index (χ2n) is 6.70. The fraction of sp³-hybridized carbons (Fsp3) is 0.300. The van der Waals surface area contributed by atoms with E-state index in [-0.39, 0.29) is 5.91 Å². The number of hydrogen-bond donors (Lipinski definition) is 1. The number of nitrogens with zero attached hydrogens (tertiary/aromatic N) is 2. The minimum atomic E-state index is -1.01. The summed E-state index contributed by atoms with van der Waals surface area (Å²) in [6, 6.07) is 10.6. The van der Waals surface area contributed by atoms with Gasteiger partial charge in [-0.3, -0.25) is 4.79 Å². The van der Waals surface area contributed by atoms with E-state index >= 15 is 0 Å². The number of rotatable bonds is 7. The van der Waals surface area contributed by atoms with Crippen LogP contribution in [0.2, 0.25) is 5.02 Å². The normalized spacial score (nSPS) is 11.4. The molecule has 2 heterocycles. The average molecular weight is 388 g/mol. The molecule has 142 valence electrons. The van der Waals surface area contributed by atoms with Crippen LogP contribution in [0.1, 0.15) is 19.7 Å². The largest absolute Gasteiger partial charge is 0.478 e. The van der Waals surface area contributed by atoms with Crippen LogP contribution < -0.4 is 10.1 Å². The van der Waals surface area contributed by atoms with Gasteiger partial charge in [0.25, 0.3) is 5.91 Å². The smallest absolute Gasteiger partial charge is 0.263 e. The predicted molar refractivity (Wildman–Crippen MR) is 104 cm³/mol. The number of aromatic nitrogens is 2. The van der Waals surface area contributed by atoms with Gasteiger partial charge in [-0.05, 0) is 50.2 Å². The summed E-state index contributed by atoms with van der Waals surface area (Å²) >= 11 is 5.87. The molecule has 27 heavy (non-hydrogen) atoms. The molecule has 0 bridgehead atoms. The van der Waals surface area contributed by atoms with Gasteiger partial charge < -0.3 is 19.0 Å². The third-order valence-electron chi connectivity index (χ3n) is 4.11. The van der Waals surface area contributed by atoms with Gasteiger partial charge in [0.15, 0.2) is 11.4 Å². The third kappa shape index (κ3) is 4.71. The number of aryl methyl sites for hydroxylation is 1. The first-order valence-electron chi connectivity index (χ1n) is 8.64. The lowest BCUT2D eigenvalue weighted by atomic mass is 10.1. The van der Waals surface area contributed by atoms with Crippen molar-refractivity contribution in [2.45, 2.75) is 25.9 Å². The Bertz CT molecular complexity index is 899. The monoisotopic (exact) mass is 387 g/mol. The molecule has 1 amide bonds. The SMILES string of the molecule is Cn1cc(-c2ccco2)nc1CCNC(=O)C(C)(C)Oc1ccc(Cl)cc1. The summed E-state index contributed by atoms with van der Waals surface area (Å²) in [5, 5.41) is 3.53.